The molecule has 0 amide bonds. The third-order valence-electron chi connectivity index (χ3n) is 6.98. The first kappa shape index (κ1) is 24.0. The van der Waals surface area contributed by atoms with E-state index >= 15 is 0 Å². The summed E-state index contributed by atoms with van der Waals surface area (Å²) in [7, 11) is 1.62. The molecule has 0 spiro atoms. The third-order valence-corrected chi connectivity index (χ3v) is 7.23. The van der Waals surface area contributed by atoms with Crippen LogP contribution in [0.1, 0.15) is 41.9 Å². The number of hydrogen-bond acceptors (Lipinski definition) is 5. The Morgan fingerprint density at radius 2 is 1.69 bits per heavy atom. The van der Waals surface area contributed by atoms with Crippen LogP contribution in [-0.4, -0.2) is 49.1 Å². The van der Waals surface area contributed by atoms with Gasteiger partial charge in [0, 0.05) is 29.6 Å². The van der Waals surface area contributed by atoms with Crippen LogP contribution in [0.2, 0.25) is 5.02 Å². The van der Waals surface area contributed by atoms with Gasteiger partial charge in [-0.2, -0.15) is 0 Å². The van der Waals surface area contributed by atoms with E-state index in [0.29, 0.717) is 29.5 Å². The van der Waals surface area contributed by atoms with E-state index in [-0.39, 0.29) is 5.92 Å². The van der Waals surface area contributed by atoms with E-state index in [0.717, 1.165) is 29.0 Å². The molecule has 0 bridgehead atoms. The highest BCUT2D eigenvalue weighted by Gasteiger charge is 2.48. The van der Waals surface area contributed by atoms with Gasteiger partial charge in [-0.1, -0.05) is 48.4 Å². The van der Waals surface area contributed by atoms with Gasteiger partial charge >= 0.3 is 0 Å². The van der Waals surface area contributed by atoms with Gasteiger partial charge in [0.2, 0.25) is 5.79 Å². The molecular formula is C29H32ClNO4. The van der Waals surface area contributed by atoms with Gasteiger partial charge in [0.1, 0.15) is 23.9 Å². The smallest absolute Gasteiger partial charge is 0.223 e. The van der Waals surface area contributed by atoms with Crippen molar-refractivity contribution in [1.29, 1.82) is 0 Å². The lowest BCUT2D eigenvalue weighted by Gasteiger charge is -2.30. The van der Waals surface area contributed by atoms with Crippen molar-refractivity contribution in [3.63, 3.8) is 0 Å². The van der Waals surface area contributed by atoms with E-state index in [1.165, 1.54) is 32.4 Å². The van der Waals surface area contributed by atoms with E-state index in [9.17, 15) is 5.11 Å². The fourth-order valence-corrected chi connectivity index (χ4v) is 5.29. The number of hydrogen-bond donors (Lipinski definition) is 1. The summed E-state index contributed by atoms with van der Waals surface area (Å²) in [6.45, 7) is 3.96. The normalized spacial score (nSPS) is 21.9. The number of halogens is 1. The second-order valence-corrected chi connectivity index (χ2v) is 9.84. The molecule has 35 heavy (non-hydrogen) atoms. The Labute approximate surface area is 212 Å². The van der Waals surface area contributed by atoms with Crippen LogP contribution in [0.5, 0.6) is 17.2 Å². The van der Waals surface area contributed by atoms with Crippen LogP contribution in [0.25, 0.3) is 0 Å². The van der Waals surface area contributed by atoms with Crippen LogP contribution in [-0.2, 0) is 6.42 Å². The summed E-state index contributed by atoms with van der Waals surface area (Å²) in [5.74, 6) is 0.352. The second kappa shape index (κ2) is 10.5. The molecule has 1 fully saturated rings. The maximum absolute atomic E-state index is 11.8. The Kier molecular flexibility index (Phi) is 7.19. The van der Waals surface area contributed by atoms with E-state index in [4.69, 9.17) is 25.8 Å². The zero-order valence-corrected chi connectivity index (χ0v) is 20.8. The number of ether oxygens (including phenoxy) is 3. The molecule has 0 radical (unpaired) electrons. The van der Waals surface area contributed by atoms with Crippen molar-refractivity contribution in [3.8, 4) is 17.2 Å². The predicted octanol–water partition coefficient (Wildman–Crippen LogP) is 5.67. The zero-order valence-electron chi connectivity index (χ0n) is 20.1. The Balaban J connectivity index is 1.36. The molecule has 0 aromatic heterocycles. The lowest BCUT2D eigenvalue weighted by molar-refractivity contribution is -0.131. The quantitative estimate of drug-likeness (QED) is 0.438. The number of rotatable bonds is 8. The molecule has 2 atom stereocenters. The molecule has 6 heteroatoms. The number of benzene rings is 3. The highest BCUT2D eigenvalue weighted by molar-refractivity contribution is 6.30. The molecule has 1 saturated heterocycles. The minimum Gasteiger partial charge on any atom is -0.497 e. The molecular weight excluding hydrogens is 462 g/mol. The molecule has 3 aromatic rings. The van der Waals surface area contributed by atoms with Gasteiger partial charge in [0.05, 0.1) is 13.0 Å². The summed E-state index contributed by atoms with van der Waals surface area (Å²) in [5.41, 5.74) is 2.84. The summed E-state index contributed by atoms with van der Waals surface area (Å²) in [5, 5.41) is 12.5. The highest BCUT2D eigenvalue weighted by atomic mass is 35.5. The average molecular weight is 494 g/mol. The standard InChI is InChI=1S/C29H32ClNO4/c1-33-25-13-14-26-27(19-25)35-29(32,20-21-5-9-23(30)10-6-21)28(26)22-7-11-24(12-8-22)34-18-17-31-15-3-2-4-16-31/h5-14,19,28,32H,2-4,15-18,20H2,1H3. The molecule has 2 heterocycles. The minimum absolute atomic E-state index is 0.319. The van der Waals surface area contributed by atoms with Crippen molar-refractivity contribution in [3.05, 3.63) is 88.4 Å². The monoisotopic (exact) mass is 493 g/mol. The van der Waals surface area contributed by atoms with E-state index in [1.54, 1.807) is 7.11 Å². The van der Waals surface area contributed by atoms with Crippen molar-refractivity contribution in [1.82, 2.24) is 4.90 Å². The maximum Gasteiger partial charge on any atom is 0.223 e. The molecule has 2 aliphatic heterocycles. The molecule has 0 aliphatic carbocycles. The first-order valence-corrected chi connectivity index (χ1v) is 12.7. The lowest BCUT2D eigenvalue weighted by Crippen LogP contribution is -2.40. The van der Waals surface area contributed by atoms with Crippen molar-refractivity contribution in [2.45, 2.75) is 37.4 Å². The maximum atomic E-state index is 11.8. The molecule has 1 N–H and O–H groups in total. The van der Waals surface area contributed by atoms with E-state index < -0.39 is 5.79 Å². The van der Waals surface area contributed by atoms with Gasteiger partial charge in [-0.05, 0) is 67.4 Å². The highest BCUT2D eigenvalue weighted by Crippen LogP contribution is 2.49. The van der Waals surface area contributed by atoms with Crippen LogP contribution >= 0.6 is 11.6 Å². The Morgan fingerprint density at radius 1 is 0.971 bits per heavy atom. The van der Waals surface area contributed by atoms with Crippen molar-refractivity contribution >= 4 is 11.6 Å². The molecule has 5 nitrogen and oxygen atoms in total. The number of aliphatic hydroxyl groups is 1. The van der Waals surface area contributed by atoms with Gasteiger partial charge < -0.3 is 19.3 Å². The zero-order chi connectivity index (χ0) is 24.3. The first-order valence-electron chi connectivity index (χ1n) is 12.3. The molecule has 184 valence electrons. The van der Waals surface area contributed by atoms with Crippen LogP contribution in [0.3, 0.4) is 0 Å². The van der Waals surface area contributed by atoms with Gasteiger partial charge in [0.15, 0.2) is 0 Å². The Bertz CT molecular complexity index is 1130. The number of likely N-dealkylation sites (tertiary alicyclic amines) is 1. The van der Waals surface area contributed by atoms with E-state index in [1.807, 2.05) is 66.7 Å². The van der Waals surface area contributed by atoms with Crippen LogP contribution in [0, 0.1) is 0 Å². The van der Waals surface area contributed by atoms with Crippen LogP contribution in [0.4, 0.5) is 0 Å². The van der Waals surface area contributed by atoms with Gasteiger partial charge in [-0.3, -0.25) is 4.90 Å². The molecule has 2 unspecified atom stereocenters. The number of piperidine rings is 1. The van der Waals surface area contributed by atoms with Gasteiger partial charge in [-0.15, -0.1) is 0 Å². The summed E-state index contributed by atoms with van der Waals surface area (Å²) in [6, 6.07) is 21.2. The largest absolute Gasteiger partial charge is 0.497 e. The van der Waals surface area contributed by atoms with Gasteiger partial charge in [-0.25, -0.2) is 0 Å². The predicted molar refractivity (Wildman–Crippen MR) is 138 cm³/mol. The fraction of sp³-hybridized carbons (Fsp3) is 0.379. The van der Waals surface area contributed by atoms with Crippen LogP contribution in [0.15, 0.2) is 66.7 Å². The lowest BCUT2D eigenvalue weighted by atomic mass is 9.83. The number of nitrogens with zero attached hydrogens (tertiary/aromatic N) is 1. The molecule has 5 rings (SSSR count). The topological polar surface area (TPSA) is 51.2 Å². The van der Waals surface area contributed by atoms with Crippen molar-refractivity contribution < 1.29 is 19.3 Å². The average Bonchev–Trinajstić information content (AvgIpc) is 3.17. The Hall–Kier alpha value is -2.73. The Morgan fingerprint density at radius 3 is 2.40 bits per heavy atom. The second-order valence-electron chi connectivity index (χ2n) is 9.41. The van der Waals surface area contributed by atoms with Crippen molar-refractivity contribution in [2.24, 2.45) is 0 Å². The summed E-state index contributed by atoms with van der Waals surface area (Å²) >= 11 is 6.07. The van der Waals surface area contributed by atoms with Crippen LogP contribution < -0.4 is 14.2 Å². The summed E-state index contributed by atoms with van der Waals surface area (Å²) in [4.78, 5) is 2.47. The molecule has 2 aliphatic rings. The summed E-state index contributed by atoms with van der Waals surface area (Å²) < 4.78 is 17.6. The van der Waals surface area contributed by atoms with Gasteiger partial charge in [0.25, 0.3) is 0 Å². The first-order chi connectivity index (χ1) is 17.0. The fourth-order valence-electron chi connectivity index (χ4n) is 5.17. The minimum atomic E-state index is -1.45. The SMILES string of the molecule is COc1ccc2c(c1)OC(O)(Cc1ccc(Cl)cc1)C2c1ccc(OCCN2CCCCC2)cc1. The van der Waals surface area contributed by atoms with Crippen molar-refractivity contribution in [2.75, 3.05) is 33.4 Å². The van der Waals surface area contributed by atoms with E-state index in [2.05, 4.69) is 4.90 Å². The molecule has 0 saturated carbocycles. The number of fused-ring (bicyclic) bond motifs is 1. The summed E-state index contributed by atoms with van der Waals surface area (Å²) in [6.07, 6.45) is 4.22. The molecule has 3 aromatic carbocycles. The third kappa shape index (κ3) is 5.43. The number of methoxy groups -OCH3 is 1.